The number of benzene rings is 1. The average molecular weight is 314 g/mol. The Morgan fingerprint density at radius 1 is 1.29 bits per heavy atom. The zero-order chi connectivity index (χ0) is 16.1. The van der Waals surface area contributed by atoms with E-state index in [1.807, 2.05) is 13.8 Å². The summed E-state index contributed by atoms with van der Waals surface area (Å²) in [6.45, 7) is 4.25. The van der Waals surface area contributed by atoms with Crippen molar-refractivity contribution in [2.24, 2.45) is 5.73 Å². The Labute approximate surface area is 125 Å². The number of ether oxygens (including phenoxy) is 1. The summed E-state index contributed by atoms with van der Waals surface area (Å²) in [5, 5.41) is 2.80. The summed E-state index contributed by atoms with van der Waals surface area (Å²) in [5.74, 6) is 0.381. The van der Waals surface area contributed by atoms with Gasteiger partial charge < -0.3 is 15.8 Å². The maximum absolute atomic E-state index is 11.7. The van der Waals surface area contributed by atoms with Crippen molar-refractivity contribution in [2.45, 2.75) is 30.7 Å². The zero-order valence-corrected chi connectivity index (χ0v) is 13.4. The van der Waals surface area contributed by atoms with E-state index in [9.17, 15) is 13.2 Å². The van der Waals surface area contributed by atoms with Crippen LogP contribution in [0.15, 0.2) is 29.2 Å². The first kappa shape index (κ1) is 17.5. The number of carbonyl (C=O) groups is 1. The molecule has 6 nitrogen and oxygen atoms in total. The highest BCUT2D eigenvalue weighted by molar-refractivity contribution is 7.90. The lowest BCUT2D eigenvalue weighted by Gasteiger charge is -2.24. The molecule has 21 heavy (non-hydrogen) atoms. The van der Waals surface area contributed by atoms with Gasteiger partial charge in [0.25, 0.3) is 0 Å². The van der Waals surface area contributed by atoms with Crippen LogP contribution in [0.2, 0.25) is 0 Å². The maximum Gasteiger partial charge on any atom is 0.223 e. The topological polar surface area (TPSA) is 98.5 Å². The molecular weight excluding hydrogens is 292 g/mol. The predicted octanol–water partition coefficient (Wildman–Crippen LogP) is 0.713. The van der Waals surface area contributed by atoms with Gasteiger partial charge in [-0.3, -0.25) is 4.79 Å². The smallest absolute Gasteiger partial charge is 0.223 e. The van der Waals surface area contributed by atoms with Crippen LogP contribution in [0.3, 0.4) is 0 Å². The van der Waals surface area contributed by atoms with E-state index in [0.717, 1.165) is 6.26 Å². The number of carbonyl (C=O) groups excluding carboxylic acids is 1. The second kappa shape index (κ2) is 6.91. The number of amides is 1. The van der Waals surface area contributed by atoms with Gasteiger partial charge in [0.2, 0.25) is 5.91 Å². The molecule has 0 saturated carbocycles. The van der Waals surface area contributed by atoms with Crippen molar-refractivity contribution in [3.63, 3.8) is 0 Å². The van der Waals surface area contributed by atoms with Gasteiger partial charge in [-0.05, 0) is 38.1 Å². The minimum atomic E-state index is -3.21. The Bertz CT molecular complexity index is 579. The van der Waals surface area contributed by atoms with Crippen molar-refractivity contribution in [1.82, 2.24) is 5.32 Å². The van der Waals surface area contributed by atoms with Gasteiger partial charge in [0.05, 0.1) is 17.9 Å². The van der Waals surface area contributed by atoms with Gasteiger partial charge in [-0.2, -0.15) is 0 Å². The standard InChI is InChI=1S/C14H22N2O4S/c1-14(2,10-15)16-13(17)8-9-20-11-4-6-12(7-5-11)21(3,18)19/h4-7H,8-10,15H2,1-3H3,(H,16,17). The first-order valence-corrected chi connectivity index (χ1v) is 8.47. The maximum atomic E-state index is 11.7. The number of nitrogens with one attached hydrogen (secondary N) is 1. The van der Waals surface area contributed by atoms with Crippen LogP contribution in [-0.4, -0.2) is 39.3 Å². The van der Waals surface area contributed by atoms with Crippen molar-refractivity contribution in [3.05, 3.63) is 24.3 Å². The molecule has 1 amide bonds. The SMILES string of the molecule is CC(C)(CN)NC(=O)CCOc1ccc(S(C)(=O)=O)cc1. The van der Waals surface area contributed by atoms with Crippen LogP contribution < -0.4 is 15.8 Å². The van der Waals surface area contributed by atoms with Crippen molar-refractivity contribution in [1.29, 1.82) is 0 Å². The number of nitrogens with two attached hydrogens (primary N) is 1. The summed E-state index contributed by atoms with van der Waals surface area (Å²) in [4.78, 5) is 11.9. The number of hydrogen-bond acceptors (Lipinski definition) is 5. The molecule has 0 fully saturated rings. The van der Waals surface area contributed by atoms with Crippen LogP contribution in [-0.2, 0) is 14.6 Å². The summed E-state index contributed by atoms with van der Waals surface area (Å²) in [7, 11) is -3.21. The molecule has 0 atom stereocenters. The second-order valence-corrected chi connectivity index (χ2v) is 7.49. The Balaban J connectivity index is 2.45. The van der Waals surface area contributed by atoms with Crippen molar-refractivity contribution >= 4 is 15.7 Å². The van der Waals surface area contributed by atoms with E-state index in [2.05, 4.69) is 5.32 Å². The molecule has 0 bridgehead atoms. The number of rotatable bonds is 7. The lowest BCUT2D eigenvalue weighted by molar-refractivity contribution is -0.123. The van der Waals surface area contributed by atoms with Gasteiger partial charge in [0.15, 0.2) is 9.84 Å². The number of hydrogen-bond donors (Lipinski definition) is 2. The monoisotopic (exact) mass is 314 g/mol. The fraction of sp³-hybridized carbons (Fsp3) is 0.500. The zero-order valence-electron chi connectivity index (χ0n) is 12.5. The van der Waals surface area contributed by atoms with Crippen molar-refractivity contribution in [2.75, 3.05) is 19.4 Å². The molecule has 0 unspecified atom stereocenters. The van der Waals surface area contributed by atoms with Gasteiger partial charge >= 0.3 is 0 Å². The third-order valence-corrected chi connectivity index (χ3v) is 3.97. The van der Waals surface area contributed by atoms with Gasteiger partial charge in [-0.1, -0.05) is 0 Å². The van der Waals surface area contributed by atoms with Crippen molar-refractivity contribution < 1.29 is 17.9 Å². The third kappa shape index (κ3) is 6.14. The van der Waals surface area contributed by atoms with E-state index in [-0.39, 0.29) is 23.8 Å². The molecule has 118 valence electrons. The molecule has 0 aliphatic rings. The highest BCUT2D eigenvalue weighted by atomic mass is 32.2. The summed E-state index contributed by atoms with van der Waals surface area (Å²) >= 11 is 0. The molecule has 0 aromatic heterocycles. The molecule has 0 radical (unpaired) electrons. The molecule has 0 aliphatic heterocycles. The summed E-state index contributed by atoms with van der Waals surface area (Å²) in [5.41, 5.74) is 5.09. The van der Waals surface area contributed by atoms with Gasteiger partial charge in [-0.15, -0.1) is 0 Å². The summed E-state index contributed by atoms with van der Waals surface area (Å²) in [6.07, 6.45) is 1.35. The van der Waals surface area contributed by atoms with Gasteiger partial charge in [0, 0.05) is 18.3 Å². The predicted molar refractivity (Wildman–Crippen MR) is 80.9 cm³/mol. The second-order valence-electron chi connectivity index (χ2n) is 5.48. The minimum absolute atomic E-state index is 0.141. The fourth-order valence-corrected chi connectivity index (χ4v) is 2.17. The minimum Gasteiger partial charge on any atom is -0.493 e. The van der Waals surface area contributed by atoms with Crippen LogP contribution in [0.25, 0.3) is 0 Å². The summed E-state index contributed by atoms with van der Waals surface area (Å²) < 4.78 is 28.0. The number of sulfone groups is 1. The van der Waals surface area contributed by atoms with Crippen molar-refractivity contribution in [3.8, 4) is 5.75 Å². The van der Waals surface area contributed by atoms with E-state index in [1.165, 1.54) is 12.1 Å². The molecule has 1 aromatic rings. The van der Waals surface area contributed by atoms with Crippen LogP contribution in [0.5, 0.6) is 5.75 Å². The Hall–Kier alpha value is -1.60. The Morgan fingerprint density at radius 3 is 2.33 bits per heavy atom. The Kier molecular flexibility index (Phi) is 5.74. The largest absolute Gasteiger partial charge is 0.493 e. The van der Waals surface area contributed by atoms with E-state index in [0.29, 0.717) is 12.3 Å². The molecular formula is C14H22N2O4S. The van der Waals surface area contributed by atoms with E-state index < -0.39 is 15.4 Å². The van der Waals surface area contributed by atoms with Gasteiger partial charge in [0.1, 0.15) is 5.75 Å². The first-order valence-electron chi connectivity index (χ1n) is 6.58. The van der Waals surface area contributed by atoms with Crippen LogP contribution >= 0.6 is 0 Å². The normalized spacial score (nSPS) is 12.0. The van der Waals surface area contributed by atoms with E-state index in [4.69, 9.17) is 10.5 Å². The molecule has 1 rings (SSSR count). The quantitative estimate of drug-likeness (QED) is 0.772. The van der Waals surface area contributed by atoms with Crippen LogP contribution in [0.1, 0.15) is 20.3 Å². The Morgan fingerprint density at radius 2 is 1.86 bits per heavy atom. The van der Waals surface area contributed by atoms with E-state index in [1.54, 1.807) is 12.1 Å². The highest BCUT2D eigenvalue weighted by Crippen LogP contribution is 2.15. The fourth-order valence-electron chi connectivity index (χ4n) is 1.54. The molecule has 3 N–H and O–H groups in total. The molecule has 0 aliphatic carbocycles. The molecule has 0 spiro atoms. The molecule has 1 aromatic carbocycles. The molecule has 0 saturated heterocycles. The highest BCUT2D eigenvalue weighted by Gasteiger charge is 2.17. The lowest BCUT2D eigenvalue weighted by Crippen LogP contribution is -2.49. The summed E-state index contributed by atoms with van der Waals surface area (Å²) in [6, 6.07) is 6.08. The lowest BCUT2D eigenvalue weighted by atomic mass is 10.1. The molecule has 7 heteroatoms. The van der Waals surface area contributed by atoms with E-state index >= 15 is 0 Å². The van der Waals surface area contributed by atoms with Crippen LogP contribution in [0.4, 0.5) is 0 Å². The third-order valence-electron chi connectivity index (χ3n) is 2.84. The molecule has 0 heterocycles. The van der Waals surface area contributed by atoms with Gasteiger partial charge in [-0.25, -0.2) is 8.42 Å². The average Bonchev–Trinajstić information content (AvgIpc) is 2.37. The van der Waals surface area contributed by atoms with Crippen LogP contribution in [0, 0.1) is 0 Å². The first-order chi connectivity index (χ1) is 9.64.